The first-order valence-corrected chi connectivity index (χ1v) is 7.18. The van der Waals surface area contributed by atoms with Gasteiger partial charge in [-0.05, 0) is 31.0 Å². The number of rotatable bonds is 3. The van der Waals surface area contributed by atoms with Gasteiger partial charge in [-0.25, -0.2) is 9.37 Å². The molecule has 2 aromatic rings. The number of nitrogens with one attached hydrogen (secondary N) is 1. The summed E-state index contributed by atoms with van der Waals surface area (Å²) in [5.74, 6) is -1.84. The lowest BCUT2D eigenvalue weighted by Crippen LogP contribution is -2.08. The lowest BCUT2D eigenvalue weighted by Gasteiger charge is -2.04. The topological polar surface area (TPSA) is 62.2 Å². The Bertz CT molecular complexity index is 689. The maximum atomic E-state index is 13.1. The van der Waals surface area contributed by atoms with Crippen LogP contribution in [0.15, 0.2) is 18.2 Å². The van der Waals surface area contributed by atoms with Crippen LogP contribution in [0.25, 0.3) is 0 Å². The first-order chi connectivity index (χ1) is 9.54. The fraction of sp³-hybridized carbons (Fsp3) is 0.231. The Kier molecular flexibility index (Phi) is 3.35. The Morgan fingerprint density at radius 3 is 3.05 bits per heavy atom. The second kappa shape index (κ2) is 5.03. The Morgan fingerprint density at radius 2 is 2.35 bits per heavy atom. The van der Waals surface area contributed by atoms with Gasteiger partial charge in [0, 0.05) is 10.6 Å². The van der Waals surface area contributed by atoms with Gasteiger partial charge in [-0.15, -0.1) is 11.3 Å². The largest absolute Gasteiger partial charge is 0.481 e. The van der Waals surface area contributed by atoms with E-state index in [9.17, 15) is 9.18 Å². The molecule has 7 heteroatoms. The molecule has 0 saturated heterocycles. The lowest BCUT2D eigenvalue weighted by atomic mass is 10.1. The highest BCUT2D eigenvalue weighted by Gasteiger charge is 2.32. The molecule has 1 aromatic carbocycles. The van der Waals surface area contributed by atoms with E-state index in [0.717, 1.165) is 11.3 Å². The van der Waals surface area contributed by atoms with Gasteiger partial charge in [0.1, 0.15) is 11.7 Å². The number of hydrogen-bond donors (Lipinski definition) is 2. The number of benzene rings is 1. The molecule has 1 unspecified atom stereocenters. The predicted octanol–water partition coefficient (Wildman–Crippen LogP) is 3.79. The summed E-state index contributed by atoms with van der Waals surface area (Å²) in [6, 6.07) is 4.30. The molecule has 0 aliphatic heterocycles. The summed E-state index contributed by atoms with van der Waals surface area (Å²) < 4.78 is 13.1. The number of aliphatic carboxylic acids is 1. The second-order valence-electron chi connectivity index (χ2n) is 4.51. The number of aromatic nitrogens is 1. The Labute approximate surface area is 123 Å². The third-order valence-corrected chi connectivity index (χ3v) is 4.52. The van der Waals surface area contributed by atoms with Crippen LogP contribution in [0.5, 0.6) is 0 Å². The number of carbonyl (C=O) groups is 1. The first kappa shape index (κ1) is 13.3. The highest BCUT2D eigenvalue weighted by Crippen LogP contribution is 2.39. The molecule has 1 heterocycles. The van der Waals surface area contributed by atoms with Crippen LogP contribution in [0.4, 0.5) is 15.2 Å². The van der Waals surface area contributed by atoms with Gasteiger partial charge in [-0.2, -0.15) is 0 Å². The van der Waals surface area contributed by atoms with Gasteiger partial charge in [0.2, 0.25) is 0 Å². The Hall–Kier alpha value is -1.66. The number of aryl methyl sites for hydroxylation is 1. The maximum Gasteiger partial charge on any atom is 0.312 e. The number of carboxylic acids is 1. The molecule has 104 valence electrons. The molecule has 0 amide bonds. The summed E-state index contributed by atoms with van der Waals surface area (Å²) >= 11 is 7.14. The molecule has 1 aromatic heterocycles. The number of nitrogens with zero attached hydrogens (tertiary/aromatic N) is 1. The summed E-state index contributed by atoms with van der Waals surface area (Å²) in [6.07, 6.45) is 1.34. The summed E-state index contributed by atoms with van der Waals surface area (Å²) in [5.41, 5.74) is 1.26. The van der Waals surface area contributed by atoms with E-state index in [-0.39, 0.29) is 5.02 Å². The highest BCUT2D eigenvalue weighted by molar-refractivity contribution is 7.15. The smallest absolute Gasteiger partial charge is 0.312 e. The van der Waals surface area contributed by atoms with Gasteiger partial charge in [0.25, 0.3) is 0 Å². The molecule has 1 aliphatic rings. The number of fused-ring (bicyclic) bond motifs is 1. The van der Waals surface area contributed by atoms with Gasteiger partial charge < -0.3 is 10.4 Å². The number of hydrogen-bond acceptors (Lipinski definition) is 4. The van der Waals surface area contributed by atoms with E-state index in [1.165, 1.54) is 23.5 Å². The van der Waals surface area contributed by atoms with Crippen molar-refractivity contribution in [1.82, 2.24) is 4.98 Å². The fourth-order valence-electron chi connectivity index (χ4n) is 2.22. The van der Waals surface area contributed by atoms with Gasteiger partial charge in [0.05, 0.1) is 10.7 Å². The van der Waals surface area contributed by atoms with E-state index < -0.39 is 17.7 Å². The number of halogens is 2. The van der Waals surface area contributed by atoms with Crippen molar-refractivity contribution < 1.29 is 14.3 Å². The summed E-state index contributed by atoms with van der Waals surface area (Å²) in [5, 5.41) is 12.8. The van der Waals surface area contributed by atoms with Gasteiger partial charge in [0.15, 0.2) is 5.13 Å². The zero-order valence-corrected chi connectivity index (χ0v) is 11.8. The molecule has 20 heavy (non-hydrogen) atoms. The highest BCUT2D eigenvalue weighted by atomic mass is 35.5. The zero-order chi connectivity index (χ0) is 14.3. The molecule has 0 radical (unpaired) electrons. The van der Waals surface area contributed by atoms with Crippen LogP contribution >= 0.6 is 22.9 Å². The molecule has 3 rings (SSSR count). The normalized spacial score (nSPS) is 17.0. The van der Waals surface area contributed by atoms with E-state index in [2.05, 4.69) is 10.3 Å². The number of thiazole rings is 1. The maximum absolute atomic E-state index is 13.1. The van der Waals surface area contributed by atoms with Crippen molar-refractivity contribution in [1.29, 1.82) is 0 Å². The lowest BCUT2D eigenvalue weighted by molar-refractivity contribution is -0.138. The van der Waals surface area contributed by atoms with Crippen molar-refractivity contribution in [2.24, 2.45) is 0 Å². The monoisotopic (exact) mass is 312 g/mol. The summed E-state index contributed by atoms with van der Waals surface area (Å²) in [6.45, 7) is 0. The van der Waals surface area contributed by atoms with E-state index in [1.54, 1.807) is 6.07 Å². The standard InChI is InChI=1S/C13H10ClFN2O2S/c14-8-5-6(1-3-9(8)15)16-13-17-11-7(12(18)19)2-4-10(11)20-13/h1,3,5,7H,2,4H2,(H,16,17)(H,18,19). The number of carboxylic acid groups (broad SMARTS) is 1. The summed E-state index contributed by atoms with van der Waals surface area (Å²) in [4.78, 5) is 16.4. The molecule has 0 spiro atoms. The van der Waals surface area contributed by atoms with Crippen LogP contribution < -0.4 is 5.32 Å². The molecule has 0 fully saturated rings. The molecular weight excluding hydrogens is 303 g/mol. The van der Waals surface area contributed by atoms with E-state index in [4.69, 9.17) is 16.7 Å². The quantitative estimate of drug-likeness (QED) is 0.905. The molecule has 0 bridgehead atoms. The van der Waals surface area contributed by atoms with Crippen LogP contribution in [-0.4, -0.2) is 16.1 Å². The minimum atomic E-state index is -0.842. The minimum Gasteiger partial charge on any atom is -0.481 e. The summed E-state index contributed by atoms with van der Waals surface area (Å²) in [7, 11) is 0. The number of anilines is 2. The van der Waals surface area contributed by atoms with Crippen LogP contribution in [0.2, 0.25) is 5.02 Å². The Morgan fingerprint density at radius 1 is 1.55 bits per heavy atom. The van der Waals surface area contributed by atoms with Crippen molar-refractivity contribution in [3.05, 3.63) is 39.6 Å². The van der Waals surface area contributed by atoms with Crippen LogP contribution in [0.3, 0.4) is 0 Å². The third-order valence-electron chi connectivity index (χ3n) is 3.19. The molecule has 0 saturated carbocycles. The van der Waals surface area contributed by atoms with Crippen LogP contribution in [0, 0.1) is 5.82 Å². The van der Waals surface area contributed by atoms with Crippen molar-refractivity contribution in [3.8, 4) is 0 Å². The second-order valence-corrected chi connectivity index (χ2v) is 6.00. The first-order valence-electron chi connectivity index (χ1n) is 5.99. The van der Waals surface area contributed by atoms with E-state index in [0.29, 0.717) is 22.9 Å². The van der Waals surface area contributed by atoms with Crippen molar-refractivity contribution in [3.63, 3.8) is 0 Å². The molecule has 2 N–H and O–H groups in total. The SMILES string of the molecule is O=C(O)C1CCc2sc(Nc3ccc(F)c(Cl)c3)nc21. The molecule has 1 atom stereocenters. The average molecular weight is 313 g/mol. The predicted molar refractivity (Wildman–Crippen MR) is 75.5 cm³/mol. The zero-order valence-electron chi connectivity index (χ0n) is 10.2. The van der Waals surface area contributed by atoms with Crippen LogP contribution in [0.1, 0.15) is 22.9 Å². The third kappa shape index (κ3) is 2.36. The fourth-order valence-corrected chi connectivity index (χ4v) is 3.46. The van der Waals surface area contributed by atoms with Gasteiger partial charge in [-0.3, -0.25) is 4.79 Å². The molecular formula is C13H10ClFN2O2S. The van der Waals surface area contributed by atoms with E-state index >= 15 is 0 Å². The minimum absolute atomic E-state index is 0.0301. The molecule has 1 aliphatic carbocycles. The van der Waals surface area contributed by atoms with Gasteiger partial charge in [-0.1, -0.05) is 11.6 Å². The van der Waals surface area contributed by atoms with Gasteiger partial charge >= 0.3 is 5.97 Å². The Balaban J connectivity index is 1.84. The van der Waals surface area contributed by atoms with Crippen molar-refractivity contribution in [2.45, 2.75) is 18.8 Å². The van der Waals surface area contributed by atoms with Crippen LogP contribution in [-0.2, 0) is 11.2 Å². The van der Waals surface area contributed by atoms with Crippen molar-refractivity contribution in [2.75, 3.05) is 5.32 Å². The van der Waals surface area contributed by atoms with Crippen molar-refractivity contribution >= 4 is 39.7 Å². The molecule has 4 nitrogen and oxygen atoms in total. The van der Waals surface area contributed by atoms with E-state index in [1.807, 2.05) is 0 Å². The average Bonchev–Trinajstić information content (AvgIpc) is 2.93.